The first kappa shape index (κ1) is 17.1. The van der Waals surface area contributed by atoms with Crippen molar-refractivity contribution < 1.29 is 18.0 Å². The van der Waals surface area contributed by atoms with Gasteiger partial charge in [0.15, 0.2) is 0 Å². The van der Waals surface area contributed by atoms with Gasteiger partial charge in [-0.15, -0.1) is 0 Å². The van der Waals surface area contributed by atoms with Crippen molar-refractivity contribution in [1.82, 2.24) is 14.8 Å². The smallest absolute Gasteiger partial charge is 0.371 e. The number of hydrogen-bond donors (Lipinski definition) is 3. The predicted octanol–water partition coefficient (Wildman–Crippen LogP) is 2.13. The summed E-state index contributed by atoms with van der Waals surface area (Å²) in [7, 11) is 0. The molecule has 1 aliphatic rings. The van der Waals surface area contributed by atoms with Gasteiger partial charge >= 0.3 is 6.18 Å². The molecule has 2 aromatic heterocycles. The van der Waals surface area contributed by atoms with Crippen molar-refractivity contribution in [2.75, 3.05) is 17.2 Å². The Morgan fingerprint density at radius 1 is 1.40 bits per heavy atom. The standard InChI is InChI=1S/C15H16F3N5O2/c16-15(17,18)3-5-23-8-9(7-20-23)21-14(25)11-6-12(24)22-13-10(11)2-1-4-19-13/h6-8H,1-5H2,(H,21,25)(H2,19,22,24). The maximum atomic E-state index is 12.5. The third-order valence-electron chi connectivity index (χ3n) is 3.82. The number of carbonyl (C=O) groups excluding carboxylic acids is 1. The number of fused-ring (bicyclic) bond motifs is 1. The second-order valence-electron chi connectivity index (χ2n) is 5.74. The summed E-state index contributed by atoms with van der Waals surface area (Å²) in [6.07, 6.45) is -1.21. The SMILES string of the molecule is O=C(Nc1cnn(CCC(F)(F)F)c1)c1cc(=O)[nH]c2c1CCCN2. The molecule has 0 aromatic carbocycles. The van der Waals surface area contributed by atoms with Crippen LogP contribution >= 0.6 is 0 Å². The number of halogens is 3. The summed E-state index contributed by atoms with van der Waals surface area (Å²) in [4.78, 5) is 26.8. The molecule has 0 spiro atoms. The van der Waals surface area contributed by atoms with E-state index in [1.165, 1.54) is 18.5 Å². The van der Waals surface area contributed by atoms with Gasteiger partial charge in [0.2, 0.25) is 5.56 Å². The average Bonchev–Trinajstić information content (AvgIpc) is 2.99. The lowest BCUT2D eigenvalue weighted by Gasteiger charge is -2.19. The summed E-state index contributed by atoms with van der Waals surface area (Å²) < 4.78 is 37.8. The number of nitrogens with one attached hydrogen (secondary N) is 3. The number of pyridine rings is 1. The largest absolute Gasteiger partial charge is 0.390 e. The Morgan fingerprint density at radius 3 is 2.96 bits per heavy atom. The molecule has 0 radical (unpaired) electrons. The number of hydrogen-bond acceptors (Lipinski definition) is 4. The van der Waals surface area contributed by atoms with Gasteiger partial charge in [-0.2, -0.15) is 18.3 Å². The van der Waals surface area contributed by atoms with Crippen molar-refractivity contribution in [2.24, 2.45) is 0 Å². The van der Waals surface area contributed by atoms with Crippen LogP contribution in [0.4, 0.5) is 24.7 Å². The van der Waals surface area contributed by atoms with Crippen molar-refractivity contribution in [3.63, 3.8) is 0 Å². The number of carbonyl (C=O) groups is 1. The number of rotatable bonds is 4. The molecule has 25 heavy (non-hydrogen) atoms. The summed E-state index contributed by atoms with van der Waals surface area (Å²) >= 11 is 0. The minimum absolute atomic E-state index is 0.244. The highest BCUT2D eigenvalue weighted by Gasteiger charge is 2.27. The number of amides is 1. The van der Waals surface area contributed by atoms with Crippen molar-refractivity contribution in [2.45, 2.75) is 32.0 Å². The summed E-state index contributed by atoms with van der Waals surface area (Å²) in [5.41, 5.74) is 0.825. The van der Waals surface area contributed by atoms with E-state index in [4.69, 9.17) is 0 Å². The lowest BCUT2D eigenvalue weighted by molar-refractivity contribution is -0.137. The van der Waals surface area contributed by atoms with Gasteiger partial charge in [-0.25, -0.2) is 0 Å². The molecule has 3 N–H and O–H groups in total. The second-order valence-corrected chi connectivity index (χ2v) is 5.74. The predicted molar refractivity (Wildman–Crippen MR) is 84.7 cm³/mol. The maximum absolute atomic E-state index is 12.5. The molecule has 3 heterocycles. The normalized spacial score (nSPS) is 13.9. The van der Waals surface area contributed by atoms with E-state index in [1.54, 1.807) is 0 Å². The number of nitrogens with zero attached hydrogens (tertiary/aromatic N) is 2. The highest BCUT2D eigenvalue weighted by Crippen LogP contribution is 2.23. The van der Waals surface area contributed by atoms with Crippen molar-refractivity contribution in [3.05, 3.63) is 39.9 Å². The fourth-order valence-corrected chi connectivity index (χ4v) is 2.67. The molecule has 2 aromatic rings. The van der Waals surface area contributed by atoms with Crippen LogP contribution in [0.1, 0.15) is 28.8 Å². The number of H-pyrrole nitrogens is 1. The van der Waals surface area contributed by atoms with Crippen molar-refractivity contribution in [3.8, 4) is 0 Å². The van der Waals surface area contributed by atoms with Crippen LogP contribution in [0, 0.1) is 0 Å². The van der Waals surface area contributed by atoms with E-state index in [9.17, 15) is 22.8 Å². The molecular formula is C15H16F3N5O2. The number of aromatic amines is 1. The third kappa shape index (κ3) is 4.20. The van der Waals surface area contributed by atoms with Crippen molar-refractivity contribution in [1.29, 1.82) is 0 Å². The molecule has 3 rings (SSSR count). The zero-order valence-electron chi connectivity index (χ0n) is 13.1. The van der Waals surface area contributed by atoms with E-state index in [0.717, 1.165) is 11.1 Å². The molecular weight excluding hydrogens is 339 g/mol. The van der Waals surface area contributed by atoms with Crippen LogP contribution < -0.4 is 16.2 Å². The molecule has 0 atom stereocenters. The van der Waals surface area contributed by atoms with E-state index in [2.05, 4.69) is 20.7 Å². The minimum Gasteiger partial charge on any atom is -0.371 e. The maximum Gasteiger partial charge on any atom is 0.390 e. The Hall–Kier alpha value is -2.78. The summed E-state index contributed by atoms with van der Waals surface area (Å²) in [6, 6.07) is 1.22. The summed E-state index contributed by atoms with van der Waals surface area (Å²) in [5, 5.41) is 9.40. The molecule has 7 nitrogen and oxygen atoms in total. The highest BCUT2D eigenvalue weighted by molar-refractivity contribution is 6.05. The fourth-order valence-electron chi connectivity index (χ4n) is 2.67. The lowest BCUT2D eigenvalue weighted by atomic mass is 10.0. The zero-order chi connectivity index (χ0) is 18.0. The Morgan fingerprint density at radius 2 is 2.20 bits per heavy atom. The molecule has 134 valence electrons. The first-order chi connectivity index (χ1) is 11.8. The van der Waals surface area contributed by atoms with Crippen LogP contribution in [-0.4, -0.2) is 33.4 Å². The molecule has 0 saturated heterocycles. The van der Waals surface area contributed by atoms with E-state index in [-0.39, 0.29) is 17.8 Å². The van der Waals surface area contributed by atoms with Gasteiger partial charge in [0.1, 0.15) is 5.82 Å². The number of anilines is 2. The Balaban J connectivity index is 1.74. The number of alkyl halides is 3. The molecule has 10 heteroatoms. The Bertz CT molecular complexity index is 840. The van der Waals surface area contributed by atoms with Gasteiger partial charge in [0, 0.05) is 30.9 Å². The van der Waals surface area contributed by atoms with Crippen LogP contribution in [0.3, 0.4) is 0 Å². The third-order valence-corrected chi connectivity index (χ3v) is 3.82. The van der Waals surface area contributed by atoms with Crippen molar-refractivity contribution >= 4 is 17.4 Å². The van der Waals surface area contributed by atoms with Crippen LogP contribution in [-0.2, 0) is 13.0 Å². The minimum atomic E-state index is -4.27. The zero-order valence-corrected chi connectivity index (χ0v) is 13.1. The molecule has 0 bridgehead atoms. The molecule has 1 amide bonds. The number of aromatic nitrogens is 3. The summed E-state index contributed by atoms with van der Waals surface area (Å²) in [5.74, 6) is 0.0335. The molecule has 0 fully saturated rings. The van der Waals surface area contributed by atoms with Gasteiger partial charge in [-0.05, 0) is 12.8 Å². The average molecular weight is 355 g/mol. The topological polar surface area (TPSA) is 91.8 Å². The van der Waals surface area contributed by atoms with Crippen LogP contribution in [0.25, 0.3) is 0 Å². The van der Waals surface area contributed by atoms with Gasteiger partial charge in [0.25, 0.3) is 5.91 Å². The van der Waals surface area contributed by atoms with Gasteiger partial charge in [-0.1, -0.05) is 0 Å². The quantitative estimate of drug-likeness (QED) is 0.784. The van der Waals surface area contributed by atoms with E-state index < -0.39 is 24.1 Å². The van der Waals surface area contributed by atoms with Crippen LogP contribution in [0.15, 0.2) is 23.3 Å². The monoisotopic (exact) mass is 355 g/mol. The first-order valence-corrected chi connectivity index (χ1v) is 7.72. The molecule has 0 saturated carbocycles. The summed E-state index contributed by atoms with van der Waals surface area (Å²) in [6.45, 7) is 0.379. The van der Waals surface area contributed by atoms with Crippen LogP contribution in [0.2, 0.25) is 0 Å². The Kier molecular flexibility index (Phi) is 4.51. The van der Waals surface area contributed by atoms with E-state index in [0.29, 0.717) is 24.3 Å². The first-order valence-electron chi connectivity index (χ1n) is 7.72. The van der Waals surface area contributed by atoms with E-state index in [1.807, 2.05) is 0 Å². The molecule has 0 aliphatic carbocycles. The molecule has 0 unspecified atom stereocenters. The lowest BCUT2D eigenvalue weighted by Crippen LogP contribution is -2.24. The highest BCUT2D eigenvalue weighted by atomic mass is 19.4. The van der Waals surface area contributed by atoms with Gasteiger partial charge in [0.05, 0.1) is 23.9 Å². The van der Waals surface area contributed by atoms with E-state index >= 15 is 0 Å². The second kappa shape index (κ2) is 6.61. The van der Waals surface area contributed by atoms with Gasteiger partial charge < -0.3 is 15.6 Å². The van der Waals surface area contributed by atoms with Gasteiger partial charge in [-0.3, -0.25) is 14.3 Å². The number of aryl methyl sites for hydroxylation is 1. The Labute approximate surface area is 140 Å². The fraction of sp³-hybridized carbons (Fsp3) is 0.400. The molecule has 1 aliphatic heterocycles. The van der Waals surface area contributed by atoms with Crippen LogP contribution in [0.5, 0.6) is 0 Å².